The van der Waals surface area contributed by atoms with Crippen LogP contribution in [0.1, 0.15) is 52.4 Å². The van der Waals surface area contributed by atoms with E-state index in [1.54, 1.807) is 0 Å². The summed E-state index contributed by atoms with van der Waals surface area (Å²) in [6, 6.07) is 0. The van der Waals surface area contributed by atoms with Crippen molar-refractivity contribution in [2.75, 3.05) is 0 Å². The maximum absolute atomic E-state index is 5.73. The number of hydrogen-bond donors (Lipinski definition) is 0. The van der Waals surface area contributed by atoms with Gasteiger partial charge in [0.1, 0.15) is 0 Å². The quantitative estimate of drug-likeness (QED) is 0.481. The molecule has 0 atom stereocenters. The lowest BCUT2D eigenvalue weighted by Gasteiger charge is -2.21. The SMILES string of the molecule is CCC=CC(C)=COC1CCCCC1. The molecule has 0 aromatic rings. The van der Waals surface area contributed by atoms with E-state index >= 15 is 0 Å². The Kier molecular flexibility index (Phi) is 5.43. The summed E-state index contributed by atoms with van der Waals surface area (Å²) in [5, 5.41) is 0. The lowest BCUT2D eigenvalue weighted by molar-refractivity contribution is 0.105. The van der Waals surface area contributed by atoms with Crippen molar-refractivity contribution < 1.29 is 4.74 Å². The average molecular weight is 194 g/mol. The van der Waals surface area contributed by atoms with Crippen molar-refractivity contribution in [1.29, 1.82) is 0 Å². The molecule has 0 unspecified atom stereocenters. The van der Waals surface area contributed by atoms with Gasteiger partial charge in [0, 0.05) is 0 Å². The molecular weight excluding hydrogens is 172 g/mol. The van der Waals surface area contributed by atoms with Gasteiger partial charge < -0.3 is 4.74 Å². The van der Waals surface area contributed by atoms with E-state index in [-0.39, 0.29) is 0 Å². The van der Waals surface area contributed by atoms with E-state index in [0.29, 0.717) is 6.10 Å². The molecule has 0 heterocycles. The van der Waals surface area contributed by atoms with Gasteiger partial charge in [0.15, 0.2) is 0 Å². The third-order valence-electron chi connectivity index (χ3n) is 2.62. The fourth-order valence-corrected chi connectivity index (χ4v) is 1.75. The second kappa shape index (κ2) is 6.69. The van der Waals surface area contributed by atoms with E-state index in [1.807, 2.05) is 6.26 Å². The fraction of sp³-hybridized carbons (Fsp3) is 0.692. The normalized spacial score (nSPS) is 20.3. The largest absolute Gasteiger partial charge is 0.498 e. The van der Waals surface area contributed by atoms with Crippen molar-refractivity contribution in [2.24, 2.45) is 0 Å². The zero-order chi connectivity index (χ0) is 10.2. The summed E-state index contributed by atoms with van der Waals surface area (Å²) < 4.78 is 5.73. The predicted octanol–water partition coefficient (Wildman–Crippen LogP) is 4.21. The summed E-state index contributed by atoms with van der Waals surface area (Å²) in [4.78, 5) is 0. The van der Waals surface area contributed by atoms with Gasteiger partial charge in [-0.05, 0) is 44.6 Å². The van der Waals surface area contributed by atoms with E-state index in [2.05, 4.69) is 26.0 Å². The molecule has 14 heavy (non-hydrogen) atoms. The average Bonchev–Trinajstić information content (AvgIpc) is 2.25. The Morgan fingerprint density at radius 1 is 1.29 bits per heavy atom. The highest BCUT2D eigenvalue weighted by Crippen LogP contribution is 2.20. The molecule has 1 saturated carbocycles. The van der Waals surface area contributed by atoms with Crippen LogP contribution in [0.25, 0.3) is 0 Å². The first-order valence-corrected chi connectivity index (χ1v) is 5.81. The fourth-order valence-electron chi connectivity index (χ4n) is 1.75. The van der Waals surface area contributed by atoms with E-state index in [9.17, 15) is 0 Å². The zero-order valence-electron chi connectivity index (χ0n) is 9.46. The smallest absolute Gasteiger partial charge is 0.0978 e. The van der Waals surface area contributed by atoms with Gasteiger partial charge in [0.25, 0.3) is 0 Å². The van der Waals surface area contributed by atoms with Gasteiger partial charge in [-0.2, -0.15) is 0 Å². The molecule has 1 fully saturated rings. The van der Waals surface area contributed by atoms with E-state index in [1.165, 1.54) is 37.7 Å². The first-order chi connectivity index (χ1) is 6.83. The molecule has 1 heteroatoms. The summed E-state index contributed by atoms with van der Waals surface area (Å²) in [6.45, 7) is 4.24. The van der Waals surface area contributed by atoms with Crippen molar-refractivity contribution in [3.05, 3.63) is 24.0 Å². The van der Waals surface area contributed by atoms with Crippen LogP contribution in [0, 0.1) is 0 Å². The molecule has 1 nitrogen and oxygen atoms in total. The highest BCUT2D eigenvalue weighted by molar-refractivity contribution is 5.13. The van der Waals surface area contributed by atoms with E-state index in [0.717, 1.165) is 6.42 Å². The summed E-state index contributed by atoms with van der Waals surface area (Å²) in [5.41, 5.74) is 1.22. The van der Waals surface area contributed by atoms with Crippen molar-refractivity contribution in [1.82, 2.24) is 0 Å². The maximum atomic E-state index is 5.73. The van der Waals surface area contributed by atoms with Crippen molar-refractivity contribution in [3.63, 3.8) is 0 Å². The van der Waals surface area contributed by atoms with E-state index < -0.39 is 0 Å². The van der Waals surface area contributed by atoms with Gasteiger partial charge in [0.2, 0.25) is 0 Å². The van der Waals surface area contributed by atoms with Crippen LogP contribution in [0.15, 0.2) is 24.0 Å². The summed E-state index contributed by atoms with van der Waals surface area (Å²) in [7, 11) is 0. The third-order valence-corrected chi connectivity index (χ3v) is 2.62. The molecule has 0 saturated heterocycles. The Morgan fingerprint density at radius 2 is 2.00 bits per heavy atom. The minimum absolute atomic E-state index is 0.480. The number of allylic oxidation sites excluding steroid dienone is 3. The van der Waals surface area contributed by atoms with Crippen LogP contribution in [0.2, 0.25) is 0 Å². The molecule has 0 bridgehead atoms. The van der Waals surface area contributed by atoms with Crippen LogP contribution in [-0.4, -0.2) is 6.10 Å². The van der Waals surface area contributed by atoms with Gasteiger partial charge in [0.05, 0.1) is 12.4 Å². The van der Waals surface area contributed by atoms with Crippen molar-refractivity contribution in [2.45, 2.75) is 58.5 Å². The van der Waals surface area contributed by atoms with Gasteiger partial charge in [-0.1, -0.05) is 25.5 Å². The van der Waals surface area contributed by atoms with Gasteiger partial charge in [-0.25, -0.2) is 0 Å². The lowest BCUT2D eigenvalue weighted by atomic mass is 9.98. The zero-order valence-corrected chi connectivity index (χ0v) is 9.46. The minimum Gasteiger partial charge on any atom is -0.498 e. The summed E-state index contributed by atoms with van der Waals surface area (Å²) >= 11 is 0. The Hall–Kier alpha value is -0.720. The maximum Gasteiger partial charge on any atom is 0.0978 e. The molecular formula is C13H22O. The number of rotatable bonds is 4. The molecule has 0 amide bonds. The molecule has 0 aromatic heterocycles. The molecule has 0 N–H and O–H groups in total. The minimum atomic E-state index is 0.480. The molecule has 0 spiro atoms. The van der Waals surface area contributed by atoms with Crippen LogP contribution < -0.4 is 0 Å². The molecule has 1 aliphatic carbocycles. The molecule has 1 aliphatic rings. The third kappa shape index (κ3) is 4.50. The first kappa shape index (κ1) is 11.4. The second-order valence-corrected chi connectivity index (χ2v) is 4.07. The highest BCUT2D eigenvalue weighted by atomic mass is 16.5. The van der Waals surface area contributed by atoms with Crippen LogP contribution in [0.4, 0.5) is 0 Å². The van der Waals surface area contributed by atoms with Crippen LogP contribution in [0.5, 0.6) is 0 Å². The van der Waals surface area contributed by atoms with E-state index in [4.69, 9.17) is 4.74 Å². The standard InChI is InChI=1S/C13H22O/c1-3-4-8-12(2)11-14-13-9-6-5-7-10-13/h4,8,11,13H,3,5-7,9-10H2,1-2H3. The molecule has 0 aromatic carbocycles. The number of ether oxygens (including phenoxy) is 1. The summed E-state index contributed by atoms with van der Waals surface area (Å²) in [5.74, 6) is 0. The van der Waals surface area contributed by atoms with Crippen LogP contribution in [-0.2, 0) is 4.74 Å². The lowest BCUT2D eigenvalue weighted by Crippen LogP contribution is -2.13. The second-order valence-electron chi connectivity index (χ2n) is 4.07. The molecule has 1 rings (SSSR count). The molecule has 0 radical (unpaired) electrons. The molecule has 0 aliphatic heterocycles. The van der Waals surface area contributed by atoms with Crippen LogP contribution >= 0.6 is 0 Å². The Morgan fingerprint density at radius 3 is 2.64 bits per heavy atom. The highest BCUT2D eigenvalue weighted by Gasteiger charge is 2.12. The van der Waals surface area contributed by atoms with Gasteiger partial charge in [-0.15, -0.1) is 0 Å². The first-order valence-electron chi connectivity index (χ1n) is 5.81. The summed E-state index contributed by atoms with van der Waals surface area (Å²) in [6.07, 6.45) is 14.3. The number of hydrogen-bond acceptors (Lipinski definition) is 1. The Balaban J connectivity index is 2.25. The predicted molar refractivity (Wildman–Crippen MR) is 61.1 cm³/mol. The molecule has 80 valence electrons. The Labute approximate surface area is 87.8 Å². The topological polar surface area (TPSA) is 9.23 Å². The Bertz CT molecular complexity index is 197. The van der Waals surface area contributed by atoms with Gasteiger partial charge in [-0.3, -0.25) is 0 Å². The van der Waals surface area contributed by atoms with Crippen molar-refractivity contribution in [3.8, 4) is 0 Å². The van der Waals surface area contributed by atoms with Crippen LogP contribution in [0.3, 0.4) is 0 Å². The van der Waals surface area contributed by atoms with Gasteiger partial charge >= 0.3 is 0 Å². The monoisotopic (exact) mass is 194 g/mol. The van der Waals surface area contributed by atoms with Crippen molar-refractivity contribution >= 4 is 0 Å².